The van der Waals surface area contributed by atoms with Crippen LogP contribution in [0.5, 0.6) is 0 Å². The predicted octanol–water partition coefficient (Wildman–Crippen LogP) is 0.879. The molecule has 1 rings (SSSR count). The highest BCUT2D eigenvalue weighted by Gasteiger charge is 2.19. The lowest BCUT2D eigenvalue weighted by Gasteiger charge is -2.25. The fraction of sp³-hybridized carbons (Fsp3) is 0.857. The van der Waals surface area contributed by atoms with Gasteiger partial charge in [-0.05, 0) is 38.0 Å². The lowest BCUT2D eigenvalue weighted by Crippen LogP contribution is -2.31. The number of carbonyl (C=O) groups is 2. The van der Waals surface area contributed by atoms with Crippen LogP contribution in [0.3, 0.4) is 0 Å². The summed E-state index contributed by atoms with van der Waals surface area (Å²) in [4.78, 5) is 24.5. The predicted molar refractivity (Wildman–Crippen MR) is 75.5 cm³/mol. The highest BCUT2D eigenvalue weighted by molar-refractivity contribution is 5.78. The summed E-state index contributed by atoms with van der Waals surface area (Å²) >= 11 is 0. The molecule has 0 atom stereocenters. The molecule has 1 fully saturated rings. The molecular formula is C14H27N3O2. The van der Waals surface area contributed by atoms with E-state index in [0.29, 0.717) is 31.3 Å². The summed E-state index contributed by atoms with van der Waals surface area (Å²) in [6.07, 6.45) is 6.35. The molecule has 1 saturated carbocycles. The summed E-state index contributed by atoms with van der Waals surface area (Å²) in [5, 5.41) is 2.81. The Balaban J connectivity index is 2.06. The van der Waals surface area contributed by atoms with Crippen LogP contribution in [0.1, 0.15) is 44.9 Å². The molecule has 0 aliphatic heterocycles. The van der Waals surface area contributed by atoms with Crippen LogP contribution in [-0.2, 0) is 9.59 Å². The highest BCUT2D eigenvalue weighted by atomic mass is 16.2. The summed E-state index contributed by atoms with van der Waals surface area (Å²) in [5.74, 6) is 0.747. The smallest absolute Gasteiger partial charge is 0.223 e. The van der Waals surface area contributed by atoms with Crippen molar-refractivity contribution in [3.8, 4) is 0 Å². The minimum atomic E-state index is 0.0431. The molecule has 0 heterocycles. The number of hydrogen-bond donors (Lipinski definition) is 2. The minimum Gasteiger partial charge on any atom is -0.356 e. The Morgan fingerprint density at radius 3 is 2.37 bits per heavy atom. The van der Waals surface area contributed by atoms with Gasteiger partial charge in [-0.1, -0.05) is 0 Å². The molecule has 0 saturated heterocycles. The maximum absolute atomic E-state index is 11.6. The number of rotatable bonds is 6. The minimum absolute atomic E-state index is 0.0431. The molecule has 5 heteroatoms. The van der Waals surface area contributed by atoms with E-state index in [1.807, 2.05) is 0 Å². The summed E-state index contributed by atoms with van der Waals surface area (Å²) < 4.78 is 0. The van der Waals surface area contributed by atoms with E-state index in [2.05, 4.69) is 5.32 Å². The lowest BCUT2D eigenvalue weighted by atomic mass is 9.84. The zero-order chi connectivity index (χ0) is 14.3. The summed E-state index contributed by atoms with van der Waals surface area (Å²) in [6, 6.07) is 0.363. The molecule has 0 unspecified atom stereocenters. The fourth-order valence-corrected chi connectivity index (χ4v) is 2.43. The fourth-order valence-electron chi connectivity index (χ4n) is 2.43. The van der Waals surface area contributed by atoms with Crippen molar-refractivity contribution in [1.29, 1.82) is 0 Å². The van der Waals surface area contributed by atoms with Crippen molar-refractivity contribution in [2.24, 2.45) is 11.7 Å². The number of carbonyl (C=O) groups excluding carboxylic acids is 2. The zero-order valence-corrected chi connectivity index (χ0v) is 12.2. The van der Waals surface area contributed by atoms with Crippen LogP contribution in [0.2, 0.25) is 0 Å². The highest BCUT2D eigenvalue weighted by Crippen LogP contribution is 2.26. The average molecular weight is 269 g/mol. The average Bonchev–Trinajstić information content (AvgIpc) is 2.37. The van der Waals surface area contributed by atoms with Crippen molar-refractivity contribution in [2.45, 2.75) is 51.0 Å². The Morgan fingerprint density at radius 1 is 1.16 bits per heavy atom. The molecule has 1 aliphatic carbocycles. The summed E-state index contributed by atoms with van der Waals surface area (Å²) in [5.41, 5.74) is 5.86. The third-order valence-electron chi connectivity index (χ3n) is 3.83. The van der Waals surface area contributed by atoms with Gasteiger partial charge in [-0.2, -0.15) is 0 Å². The van der Waals surface area contributed by atoms with E-state index >= 15 is 0 Å². The number of nitrogens with two attached hydrogens (primary N) is 1. The van der Waals surface area contributed by atoms with E-state index in [0.717, 1.165) is 32.1 Å². The molecule has 3 N–H and O–H groups in total. The quantitative estimate of drug-likeness (QED) is 0.751. The number of amides is 2. The van der Waals surface area contributed by atoms with Gasteiger partial charge in [0.05, 0.1) is 0 Å². The first-order chi connectivity index (χ1) is 8.99. The molecule has 0 aromatic heterocycles. The van der Waals surface area contributed by atoms with Crippen molar-refractivity contribution in [3.05, 3.63) is 0 Å². The van der Waals surface area contributed by atoms with Gasteiger partial charge in [0.25, 0.3) is 0 Å². The second kappa shape index (κ2) is 8.15. The van der Waals surface area contributed by atoms with Crippen LogP contribution < -0.4 is 11.1 Å². The third-order valence-corrected chi connectivity index (χ3v) is 3.83. The number of nitrogens with zero attached hydrogens (tertiary/aromatic N) is 1. The van der Waals surface area contributed by atoms with Gasteiger partial charge in [-0.3, -0.25) is 9.59 Å². The topological polar surface area (TPSA) is 75.4 Å². The van der Waals surface area contributed by atoms with Gasteiger partial charge >= 0.3 is 0 Å². The van der Waals surface area contributed by atoms with Gasteiger partial charge in [-0.25, -0.2) is 0 Å². The van der Waals surface area contributed by atoms with Crippen LogP contribution in [0.4, 0.5) is 0 Å². The van der Waals surface area contributed by atoms with Crippen molar-refractivity contribution < 1.29 is 9.59 Å². The first-order valence-electron chi connectivity index (χ1n) is 7.21. The van der Waals surface area contributed by atoms with Gasteiger partial charge in [-0.15, -0.1) is 0 Å². The molecule has 1 aliphatic rings. The van der Waals surface area contributed by atoms with Gasteiger partial charge in [0, 0.05) is 39.5 Å². The molecule has 0 aromatic carbocycles. The second-order valence-electron chi connectivity index (χ2n) is 5.71. The largest absolute Gasteiger partial charge is 0.356 e. The van der Waals surface area contributed by atoms with Crippen molar-refractivity contribution in [2.75, 3.05) is 20.6 Å². The van der Waals surface area contributed by atoms with Crippen LogP contribution in [0.15, 0.2) is 0 Å². The van der Waals surface area contributed by atoms with Crippen LogP contribution in [-0.4, -0.2) is 43.4 Å². The van der Waals surface area contributed by atoms with Crippen LogP contribution >= 0.6 is 0 Å². The molecule has 0 aromatic rings. The summed E-state index contributed by atoms with van der Waals surface area (Å²) in [6.45, 7) is 0.436. The maximum atomic E-state index is 11.6. The van der Waals surface area contributed by atoms with Crippen molar-refractivity contribution in [3.63, 3.8) is 0 Å². The van der Waals surface area contributed by atoms with E-state index in [-0.39, 0.29) is 11.8 Å². The Bertz CT molecular complexity index is 297. The molecule has 5 nitrogen and oxygen atoms in total. The van der Waals surface area contributed by atoms with Crippen molar-refractivity contribution >= 4 is 11.8 Å². The molecule has 2 amide bonds. The van der Waals surface area contributed by atoms with E-state index in [1.165, 1.54) is 4.90 Å². The number of nitrogens with one attached hydrogen (secondary N) is 1. The molecule has 19 heavy (non-hydrogen) atoms. The van der Waals surface area contributed by atoms with Crippen molar-refractivity contribution in [1.82, 2.24) is 10.2 Å². The SMILES string of the molecule is CN(C)C(=O)CCNC(=O)CCC1CCC(N)CC1. The Kier molecular flexibility index (Phi) is 6.84. The molecular weight excluding hydrogens is 242 g/mol. The Labute approximate surface area is 115 Å². The van der Waals surface area contributed by atoms with E-state index in [9.17, 15) is 9.59 Å². The second-order valence-corrected chi connectivity index (χ2v) is 5.71. The molecule has 0 radical (unpaired) electrons. The van der Waals surface area contributed by atoms with Gasteiger partial charge in [0.15, 0.2) is 0 Å². The first-order valence-corrected chi connectivity index (χ1v) is 7.21. The van der Waals surface area contributed by atoms with Gasteiger partial charge in [0.1, 0.15) is 0 Å². The maximum Gasteiger partial charge on any atom is 0.223 e. The normalized spacial score (nSPS) is 22.9. The Morgan fingerprint density at radius 2 is 1.79 bits per heavy atom. The van der Waals surface area contributed by atoms with Crippen LogP contribution in [0, 0.1) is 5.92 Å². The first kappa shape index (κ1) is 16.0. The molecule has 0 spiro atoms. The standard InChI is InChI=1S/C14H27N3O2/c1-17(2)14(19)9-10-16-13(18)8-5-11-3-6-12(15)7-4-11/h11-12H,3-10,15H2,1-2H3,(H,16,18). The van der Waals surface area contributed by atoms with Gasteiger partial charge in [0.2, 0.25) is 11.8 Å². The third kappa shape index (κ3) is 6.57. The van der Waals surface area contributed by atoms with E-state index in [4.69, 9.17) is 5.73 Å². The number of hydrogen-bond acceptors (Lipinski definition) is 3. The Hall–Kier alpha value is -1.10. The van der Waals surface area contributed by atoms with Gasteiger partial charge < -0.3 is 16.0 Å². The zero-order valence-electron chi connectivity index (χ0n) is 12.2. The van der Waals surface area contributed by atoms with E-state index < -0.39 is 0 Å². The monoisotopic (exact) mass is 269 g/mol. The van der Waals surface area contributed by atoms with E-state index in [1.54, 1.807) is 14.1 Å². The summed E-state index contributed by atoms with van der Waals surface area (Å²) in [7, 11) is 3.44. The van der Waals surface area contributed by atoms with Crippen LogP contribution in [0.25, 0.3) is 0 Å². The molecule has 110 valence electrons. The lowest BCUT2D eigenvalue weighted by molar-refractivity contribution is -0.128. The molecule has 0 bridgehead atoms.